The van der Waals surface area contributed by atoms with Gasteiger partial charge in [0.05, 0.1) is 0 Å². The van der Waals surface area contributed by atoms with Crippen molar-refractivity contribution in [3.05, 3.63) is 22.4 Å². The zero-order valence-corrected chi connectivity index (χ0v) is 10.6. The minimum absolute atomic E-state index is 1.04. The quantitative estimate of drug-likeness (QED) is 0.621. The lowest BCUT2D eigenvalue weighted by Crippen LogP contribution is -2.13. The summed E-state index contributed by atoms with van der Waals surface area (Å²) in [4.78, 5) is 0. The highest BCUT2D eigenvalue weighted by Gasteiger charge is 1.92. The number of nitrogens with one attached hydrogen (secondary N) is 1. The van der Waals surface area contributed by atoms with E-state index in [1.165, 1.54) is 50.6 Å². The van der Waals surface area contributed by atoms with Crippen LogP contribution >= 0.6 is 11.3 Å². The van der Waals surface area contributed by atoms with Gasteiger partial charge in [-0.25, -0.2) is 0 Å². The second-order valence-corrected chi connectivity index (χ2v) is 4.86. The Bertz CT molecular complexity index is 218. The van der Waals surface area contributed by atoms with Crippen LogP contribution in [0, 0.1) is 0 Å². The third-order valence-corrected chi connectivity index (χ3v) is 3.35. The Labute approximate surface area is 97.9 Å². The number of rotatable bonds is 9. The highest BCUT2D eigenvalue weighted by atomic mass is 32.1. The summed E-state index contributed by atoms with van der Waals surface area (Å²) >= 11 is 1.78. The highest BCUT2D eigenvalue weighted by molar-refractivity contribution is 7.07. The van der Waals surface area contributed by atoms with Crippen molar-refractivity contribution >= 4 is 11.3 Å². The van der Waals surface area contributed by atoms with Gasteiger partial charge in [0.1, 0.15) is 0 Å². The molecule has 0 radical (unpaired) electrons. The molecule has 1 aromatic rings. The third-order valence-electron chi connectivity index (χ3n) is 2.62. The van der Waals surface area contributed by atoms with E-state index in [9.17, 15) is 0 Å². The Kier molecular flexibility index (Phi) is 7.58. The van der Waals surface area contributed by atoms with Crippen LogP contribution in [0.15, 0.2) is 16.8 Å². The molecule has 0 spiro atoms. The fourth-order valence-electron chi connectivity index (χ4n) is 1.66. The lowest BCUT2D eigenvalue weighted by atomic mass is 10.1. The molecule has 15 heavy (non-hydrogen) atoms. The van der Waals surface area contributed by atoms with E-state index in [4.69, 9.17) is 0 Å². The molecule has 0 aliphatic carbocycles. The number of thiophene rings is 1. The molecular formula is C13H23NS. The molecule has 0 aromatic carbocycles. The maximum atomic E-state index is 3.49. The standard InChI is InChI=1S/C13H23NS/c1-2-3-4-5-6-7-9-14-11-13-8-10-15-12-13/h8,10,12,14H,2-7,9,11H2,1H3. The SMILES string of the molecule is CCCCCCCCNCc1ccsc1. The first-order chi connectivity index (χ1) is 7.43. The summed E-state index contributed by atoms with van der Waals surface area (Å²) in [6, 6.07) is 2.19. The van der Waals surface area contributed by atoms with Gasteiger partial charge in [-0.05, 0) is 35.4 Å². The lowest BCUT2D eigenvalue weighted by Gasteiger charge is -2.03. The van der Waals surface area contributed by atoms with Crippen LogP contribution in [-0.4, -0.2) is 6.54 Å². The average molecular weight is 225 g/mol. The maximum absolute atomic E-state index is 3.49. The van der Waals surface area contributed by atoms with Crippen LogP contribution < -0.4 is 5.32 Å². The van der Waals surface area contributed by atoms with Crippen LogP contribution in [0.25, 0.3) is 0 Å². The molecule has 2 heteroatoms. The van der Waals surface area contributed by atoms with Crippen molar-refractivity contribution in [1.82, 2.24) is 5.32 Å². The predicted octanol–water partition coefficient (Wildman–Crippen LogP) is 4.20. The van der Waals surface area contributed by atoms with E-state index in [0.717, 1.165) is 6.54 Å². The van der Waals surface area contributed by atoms with Gasteiger partial charge in [0.2, 0.25) is 0 Å². The summed E-state index contributed by atoms with van der Waals surface area (Å²) in [5.41, 5.74) is 1.42. The Balaban J connectivity index is 1.81. The Morgan fingerprint density at radius 1 is 1.13 bits per heavy atom. The molecular weight excluding hydrogens is 202 g/mol. The van der Waals surface area contributed by atoms with Gasteiger partial charge in [-0.3, -0.25) is 0 Å². The van der Waals surface area contributed by atoms with E-state index in [1.54, 1.807) is 11.3 Å². The van der Waals surface area contributed by atoms with Crippen molar-refractivity contribution in [3.63, 3.8) is 0 Å². The largest absolute Gasteiger partial charge is 0.313 e. The first-order valence-corrected chi connectivity index (χ1v) is 7.09. The number of hydrogen-bond acceptors (Lipinski definition) is 2. The van der Waals surface area contributed by atoms with Crippen LogP contribution in [0.4, 0.5) is 0 Å². The molecule has 1 N–H and O–H groups in total. The number of unbranched alkanes of at least 4 members (excludes halogenated alkanes) is 5. The third kappa shape index (κ3) is 6.69. The molecule has 0 fully saturated rings. The summed E-state index contributed by atoms with van der Waals surface area (Å²) < 4.78 is 0. The minimum Gasteiger partial charge on any atom is -0.313 e. The van der Waals surface area contributed by atoms with E-state index in [1.807, 2.05) is 0 Å². The van der Waals surface area contributed by atoms with Crippen molar-refractivity contribution < 1.29 is 0 Å². The van der Waals surface area contributed by atoms with Crippen molar-refractivity contribution in [2.75, 3.05) is 6.54 Å². The van der Waals surface area contributed by atoms with Gasteiger partial charge < -0.3 is 5.32 Å². The fourth-order valence-corrected chi connectivity index (χ4v) is 2.32. The molecule has 1 aromatic heterocycles. The molecule has 0 saturated heterocycles. The Morgan fingerprint density at radius 2 is 1.93 bits per heavy atom. The normalized spacial score (nSPS) is 10.7. The molecule has 0 saturated carbocycles. The first kappa shape index (κ1) is 12.7. The molecule has 1 rings (SSSR count). The molecule has 0 aliphatic heterocycles. The number of hydrogen-bond donors (Lipinski definition) is 1. The molecule has 0 bridgehead atoms. The summed E-state index contributed by atoms with van der Waals surface area (Å²) in [5, 5.41) is 7.84. The molecule has 0 atom stereocenters. The fraction of sp³-hybridized carbons (Fsp3) is 0.692. The van der Waals surface area contributed by atoms with Crippen LogP contribution in [0.1, 0.15) is 51.0 Å². The summed E-state index contributed by atoms with van der Waals surface area (Å²) in [7, 11) is 0. The molecule has 86 valence electrons. The molecule has 0 unspecified atom stereocenters. The highest BCUT2D eigenvalue weighted by Crippen LogP contribution is 2.06. The summed E-state index contributed by atoms with van der Waals surface area (Å²) in [5.74, 6) is 0. The van der Waals surface area contributed by atoms with Crippen molar-refractivity contribution in [2.45, 2.75) is 52.0 Å². The van der Waals surface area contributed by atoms with E-state index in [2.05, 4.69) is 29.1 Å². The summed E-state index contributed by atoms with van der Waals surface area (Å²) in [6.07, 6.45) is 8.29. The zero-order chi connectivity index (χ0) is 10.8. The maximum Gasteiger partial charge on any atom is 0.0213 e. The molecule has 0 amide bonds. The predicted molar refractivity (Wildman–Crippen MR) is 69.4 cm³/mol. The average Bonchev–Trinajstić information content (AvgIpc) is 2.75. The second kappa shape index (κ2) is 8.93. The Morgan fingerprint density at radius 3 is 2.67 bits per heavy atom. The van der Waals surface area contributed by atoms with E-state index in [-0.39, 0.29) is 0 Å². The zero-order valence-electron chi connectivity index (χ0n) is 9.80. The van der Waals surface area contributed by atoms with Gasteiger partial charge in [-0.2, -0.15) is 11.3 Å². The van der Waals surface area contributed by atoms with Gasteiger partial charge >= 0.3 is 0 Å². The van der Waals surface area contributed by atoms with Crippen LogP contribution in [0.2, 0.25) is 0 Å². The smallest absolute Gasteiger partial charge is 0.0213 e. The van der Waals surface area contributed by atoms with Gasteiger partial charge in [0, 0.05) is 6.54 Å². The van der Waals surface area contributed by atoms with Gasteiger partial charge in [0.25, 0.3) is 0 Å². The van der Waals surface area contributed by atoms with Crippen molar-refractivity contribution in [2.24, 2.45) is 0 Å². The molecule has 1 heterocycles. The van der Waals surface area contributed by atoms with Crippen molar-refractivity contribution in [1.29, 1.82) is 0 Å². The van der Waals surface area contributed by atoms with Crippen LogP contribution in [0.5, 0.6) is 0 Å². The minimum atomic E-state index is 1.04. The Hall–Kier alpha value is -0.340. The van der Waals surface area contributed by atoms with Crippen molar-refractivity contribution in [3.8, 4) is 0 Å². The topological polar surface area (TPSA) is 12.0 Å². The van der Waals surface area contributed by atoms with Gasteiger partial charge in [0.15, 0.2) is 0 Å². The first-order valence-electron chi connectivity index (χ1n) is 6.15. The lowest BCUT2D eigenvalue weighted by molar-refractivity contribution is 0.572. The molecule has 0 aliphatic rings. The summed E-state index contributed by atoms with van der Waals surface area (Å²) in [6.45, 7) is 4.48. The monoisotopic (exact) mass is 225 g/mol. The van der Waals surface area contributed by atoms with E-state index < -0.39 is 0 Å². The molecule has 1 nitrogen and oxygen atoms in total. The van der Waals surface area contributed by atoms with Gasteiger partial charge in [-0.15, -0.1) is 0 Å². The second-order valence-electron chi connectivity index (χ2n) is 4.08. The van der Waals surface area contributed by atoms with Crippen LogP contribution in [-0.2, 0) is 6.54 Å². The van der Waals surface area contributed by atoms with E-state index >= 15 is 0 Å². The van der Waals surface area contributed by atoms with Crippen LogP contribution in [0.3, 0.4) is 0 Å². The van der Waals surface area contributed by atoms with Gasteiger partial charge in [-0.1, -0.05) is 39.0 Å². The van der Waals surface area contributed by atoms with E-state index in [0.29, 0.717) is 0 Å².